The van der Waals surface area contributed by atoms with Gasteiger partial charge in [-0.25, -0.2) is 4.99 Å². The number of phenols is 1. The first-order valence-corrected chi connectivity index (χ1v) is 7.27. The summed E-state index contributed by atoms with van der Waals surface area (Å²) in [5.41, 5.74) is 0.275. The second kappa shape index (κ2) is 7.47. The fourth-order valence-electron chi connectivity index (χ4n) is 1.96. The van der Waals surface area contributed by atoms with Gasteiger partial charge in [0.1, 0.15) is 24.7 Å². The van der Waals surface area contributed by atoms with Crippen LogP contribution in [-0.2, 0) is 14.2 Å². The fourth-order valence-corrected chi connectivity index (χ4v) is 1.96. The number of nitrogens with zero attached hydrogens (tertiary/aromatic N) is 1. The van der Waals surface area contributed by atoms with Crippen molar-refractivity contribution in [3.05, 3.63) is 23.8 Å². The highest BCUT2D eigenvalue weighted by Gasteiger charge is 2.28. The van der Waals surface area contributed by atoms with Gasteiger partial charge in [-0.2, -0.15) is 0 Å². The summed E-state index contributed by atoms with van der Waals surface area (Å²) in [6, 6.07) is 5.01. The zero-order valence-corrected chi connectivity index (χ0v) is 13.3. The monoisotopic (exact) mass is 309 g/mol. The van der Waals surface area contributed by atoms with Crippen LogP contribution in [-0.4, -0.2) is 56.7 Å². The maximum atomic E-state index is 9.98. The zero-order valence-electron chi connectivity index (χ0n) is 13.3. The predicted molar refractivity (Wildman–Crippen MR) is 82.9 cm³/mol. The van der Waals surface area contributed by atoms with Crippen LogP contribution in [0.15, 0.2) is 23.2 Å². The third kappa shape index (κ3) is 4.61. The van der Waals surface area contributed by atoms with E-state index in [0.29, 0.717) is 50.2 Å². The first-order valence-electron chi connectivity index (χ1n) is 7.27. The summed E-state index contributed by atoms with van der Waals surface area (Å²) in [4.78, 5) is 4.46. The van der Waals surface area contributed by atoms with E-state index in [0.717, 1.165) is 0 Å². The van der Waals surface area contributed by atoms with Crippen molar-refractivity contribution in [2.75, 3.05) is 40.1 Å². The van der Waals surface area contributed by atoms with Crippen molar-refractivity contribution < 1.29 is 24.1 Å². The third-order valence-electron chi connectivity index (χ3n) is 3.09. The van der Waals surface area contributed by atoms with Crippen molar-refractivity contribution in [2.45, 2.75) is 19.4 Å². The maximum Gasteiger partial charge on any atom is 0.220 e. The van der Waals surface area contributed by atoms with Gasteiger partial charge in [-0.3, -0.25) is 0 Å². The molecule has 1 aliphatic rings. The fraction of sp³-hybridized carbons (Fsp3) is 0.562. The number of methoxy groups -OCH3 is 1. The highest BCUT2D eigenvalue weighted by molar-refractivity contribution is 5.98. The van der Waals surface area contributed by atoms with Crippen LogP contribution >= 0.6 is 0 Å². The highest BCUT2D eigenvalue weighted by atomic mass is 16.5. The van der Waals surface area contributed by atoms with Crippen LogP contribution in [0, 0.1) is 0 Å². The molecule has 1 heterocycles. The number of ether oxygens (including phenoxy) is 4. The molecule has 1 aromatic rings. The Morgan fingerprint density at radius 1 is 1.23 bits per heavy atom. The molecule has 1 aliphatic heterocycles. The molecule has 0 fully saturated rings. The number of rotatable bonds is 8. The van der Waals surface area contributed by atoms with E-state index in [2.05, 4.69) is 4.99 Å². The van der Waals surface area contributed by atoms with Crippen LogP contribution in [0.5, 0.6) is 11.5 Å². The molecule has 0 saturated heterocycles. The summed E-state index contributed by atoms with van der Waals surface area (Å²) in [7, 11) is 1.63. The van der Waals surface area contributed by atoms with Crippen molar-refractivity contribution in [1.29, 1.82) is 0 Å². The van der Waals surface area contributed by atoms with Gasteiger partial charge in [0.05, 0.1) is 30.9 Å². The molecule has 0 aliphatic carbocycles. The van der Waals surface area contributed by atoms with E-state index in [9.17, 15) is 5.11 Å². The van der Waals surface area contributed by atoms with Gasteiger partial charge in [-0.15, -0.1) is 0 Å². The molecule has 1 N–H and O–H groups in total. The average molecular weight is 309 g/mol. The molecule has 0 radical (unpaired) electrons. The van der Waals surface area contributed by atoms with Gasteiger partial charge in [-0.05, 0) is 32.0 Å². The Balaban J connectivity index is 1.93. The van der Waals surface area contributed by atoms with E-state index in [1.54, 1.807) is 25.3 Å². The molecule has 0 bridgehead atoms. The Kier molecular flexibility index (Phi) is 5.63. The van der Waals surface area contributed by atoms with E-state index < -0.39 is 0 Å². The lowest BCUT2D eigenvalue weighted by Crippen LogP contribution is -2.17. The van der Waals surface area contributed by atoms with Gasteiger partial charge in [0, 0.05) is 7.11 Å². The van der Waals surface area contributed by atoms with Crippen LogP contribution in [0.25, 0.3) is 0 Å². The molecule has 0 saturated carbocycles. The van der Waals surface area contributed by atoms with Crippen LogP contribution in [0.4, 0.5) is 0 Å². The number of hydrogen-bond acceptors (Lipinski definition) is 6. The Morgan fingerprint density at radius 2 is 2.00 bits per heavy atom. The van der Waals surface area contributed by atoms with Crippen LogP contribution in [0.1, 0.15) is 19.4 Å². The summed E-state index contributed by atoms with van der Waals surface area (Å²) in [5.74, 6) is 1.21. The normalized spacial score (nSPS) is 16.2. The average Bonchev–Trinajstić information content (AvgIpc) is 2.84. The molecule has 22 heavy (non-hydrogen) atoms. The molecule has 1 aromatic carbocycles. The van der Waals surface area contributed by atoms with E-state index >= 15 is 0 Å². The van der Waals surface area contributed by atoms with Crippen molar-refractivity contribution >= 4 is 5.90 Å². The van der Waals surface area contributed by atoms with Crippen LogP contribution in [0.3, 0.4) is 0 Å². The van der Waals surface area contributed by atoms with Crippen molar-refractivity contribution in [3.63, 3.8) is 0 Å². The number of phenolic OH excluding ortho intramolecular Hbond substituents is 1. The minimum Gasteiger partial charge on any atom is -0.507 e. The van der Waals surface area contributed by atoms with Gasteiger partial charge >= 0.3 is 0 Å². The molecule has 0 amide bonds. The lowest BCUT2D eigenvalue weighted by atomic mass is 10.1. The van der Waals surface area contributed by atoms with Gasteiger partial charge in [-0.1, -0.05) is 0 Å². The number of aliphatic imine (C=N–C) groups is 1. The second-order valence-electron chi connectivity index (χ2n) is 5.65. The Labute approximate surface area is 130 Å². The largest absolute Gasteiger partial charge is 0.507 e. The zero-order chi connectivity index (χ0) is 16.0. The SMILES string of the molecule is COCCOCCOc1ccc(O)c(C2=NC(C)(C)CO2)c1. The van der Waals surface area contributed by atoms with Crippen molar-refractivity contribution in [3.8, 4) is 11.5 Å². The number of benzene rings is 1. The third-order valence-corrected chi connectivity index (χ3v) is 3.09. The molecular formula is C16H23NO5. The first-order chi connectivity index (χ1) is 10.5. The van der Waals surface area contributed by atoms with Gasteiger partial charge in [0.15, 0.2) is 0 Å². The van der Waals surface area contributed by atoms with Crippen molar-refractivity contribution in [2.24, 2.45) is 4.99 Å². The molecule has 2 rings (SSSR count). The maximum absolute atomic E-state index is 9.98. The first kappa shape index (κ1) is 16.6. The molecule has 0 spiro atoms. The second-order valence-corrected chi connectivity index (χ2v) is 5.65. The van der Waals surface area contributed by atoms with E-state index in [-0.39, 0.29) is 11.3 Å². The van der Waals surface area contributed by atoms with Crippen LogP contribution in [0.2, 0.25) is 0 Å². The number of hydrogen-bond donors (Lipinski definition) is 1. The highest BCUT2D eigenvalue weighted by Crippen LogP contribution is 2.28. The van der Waals surface area contributed by atoms with E-state index in [1.165, 1.54) is 0 Å². The summed E-state index contributed by atoms with van der Waals surface area (Å²) >= 11 is 0. The molecule has 6 heteroatoms. The summed E-state index contributed by atoms with van der Waals surface area (Å²) in [5, 5.41) is 9.98. The lowest BCUT2D eigenvalue weighted by Gasteiger charge is -2.10. The smallest absolute Gasteiger partial charge is 0.220 e. The van der Waals surface area contributed by atoms with E-state index in [4.69, 9.17) is 18.9 Å². The minimum atomic E-state index is -0.270. The molecule has 6 nitrogen and oxygen atoms in total. The van der Waals surface area contributed by atoms with Gasteiger partial charge in [0.2, 0.25) is 5.90 Å². The summed E-state index contributed by atoms with van der Waals surface area (Å²) in [6.45, 7) is 6.47. The molecular weight excluding hydrogens is 286 g/mol. The van der Waals surface area contributed by atoms with E-state index in [1.807, 2.05) is 13.8 Å². The van der Waals surface area contributed by atoms with Crippen molar-refractivity contribution in [1.82, 2.24) is 0 Å². The predicted octanol–water partition coefficient (Wildman–Crippen LogP) is 1.99. The lowest BCUT2D eigenvalue weighted by molar-refractivity contribution is 0.0544. The van der Waals surface area contributed by atoms with Gasteiger partial charge in [0.25, 0.3) is 0 Å². The molecule has 0 atom stereocenters. The van der Waals surface area contributed by atoms with Gasteiger partial charge < -0.3 is 24.1 Å². The Morgan fingerprint density at radius 3 is 2.68 bits per heavy atom. The number of aromatic hydroxyl groups is 1. The Hall–Kier alpha value is -1.79. The topological polar surface area (TPSA) is 69.5 Å². The molecule has 0 unspecified atom stereocenters. The molecule has 0 aromatic heterocycles. The molecule has 122 valence electrons. The summed E-state index contributed by atoms with van der Waals surface area (Å²) in [6.07, 6.45) is 0. The summed E-state index contributed by atoms with van der Waals surface area (Å²) < 4.78 is 21.4. The quantitative estimate of drug-likeness (QED) is 0.744. The Bertz CT molecular complexity index is 527. The standard InChI is InChI=1S/C16H23NO5/c1-16(2)11-22-15(17-16)13-10-12(4-5-14(13)18)21-9-8-20-7-6-19-3/h4-5,10,18H,6-9,11H2,1-3H3. The van der Waals surface area contributed by atoms with Crippen LogP contribution < -0.4 is 4.74 Å². The minimum absolute atomic E-state index is 0.125.